The summed E-state index contributed by atoms with van der Waals surface area (Å²) in [4.78, 5) is 8.99. The lowest BCUT2D eigenvalue weighted by atomic mass is 9.85. The Balaban J connectivity index is 0.00000169. The molecule has 0 spiro atoms. The third kappa shape index (κ3) is 2.48. The monoisotopic (exact) mass is 323 g/mol. The zero-order valence-corrected chi connectivity index (χ0v) is 13.7. The van der Waals surface area contributed by atoms with Crippen LogP contribution in [0.4, 0.5) is 0 Å². The number of nitrogens with two attached hydrogens (primary N) is 1. The maximum absolute atomic E-state index is 5.69. The van der Waals surface area contributed by atoms with Crippen LogP contribution in [0.25, 0.3) is 5.57 Å². The summed E-state index contributed by atoms with van der Waals surface area (Å²) in [6, 6.07) is 6.35. The highest BCUT2D eigenvalue weighted by molar-refractivity contribution is 7.08. The molecule has 0 aromatic carbocycles. The van der Waals surface area contributed by atoms with Crippen molar-refractivity contribution in [3.05, 3.63) is 70.7 Å². The highest BCUT2D eigenvalue weighted by Gasteiger charge is 2.58. The summed E-state index contributed by atoms with van der Waals surface area (Å²) >= 11 is 1.72. The molecule has 2 aliphatic carbocycles. The second-order valence-electron chi connectivity index (χ2n) is 6.05. The number of nitrogens with zero attached hydrogens (tertiary/aromatic N) is 2. The Bertz CT molecular complexity index is 780. The van der Waals surface area contributed by atoms with Crippen molar-refractivity contribution >= 4 is 22.6 Å². The topological polar surface area (TPSA) is 51.3 Å². The van der Waals surface area contributed by atoms with Gasteiger partial charge in [0, 0.05) is 37.3 Å². The Kier molecular flexibility index (Phi) is 3.71. The van der Waals surface area contributed by atoms with Crippen LogP contribution in [0.5, 0.6) is 0 Å². The van der Waals surface area contributed by atoms with Gasteiger partial charge < -0.3 is 5.73 Å². The van der Waals surface area contributed by atoms with Gasteiger partial charge in [-0.25, -0.2) is 0 Å². The van der Waals surface area contributed by atoms with Crippen molar-refractivity contribution in [2.24, 2.45) is 22.1 Å². The molecular formula is C19H21N3S. The van der Waals surface area contributed by atoms with Crippen molar-refractivity contribution < 1.29 is 1.43 Å². The predicted molar refractivity (Wildman–Crippen MR) is 98.8 cm³/mol. The van der Waals surface area contributed by atoms with Gasteiger partial charge in [0.05, 0.1) is 12.3 Å². The molecule has 2 unspecified atom stereocenters. The van der Waals surface area contributed by atoms with E-state index in [1.54, 1.807) is 11.3 Å². The fourth-order valence-electron chi connectivity index (χ4n) is 3.56. The molecule has 2 N–H and O–H groups in total. The average molecular weight is 323 g/mol. The molecule has 2 heterocycles. The predicted octanol–water partition coefficient (Wildman–Crippen LogP) is 3.80. The van der Waals surface area contributed by atoms with E-state index in [1.165, 1.54) is 22.4 Å². The van der Waals surface area contributed by atoms with E-state index < -0.39 is 0 Å². The largest absolute Gasteiger partial charge is 0.329 e. The lowest BCUT2D eigenvalue weighted by molar-refractivity contribution is 0.830. The van der Waals surface area contributed by atoms with E-state index in [9.17, 15) is 0 Å². The van der Waals surface area contributed by atoms with Crippen molar-refractivity contribution in [3.8, 4) is 0 Å². The highest BCUT2D eigenvalue weighted by atomic mass is 32.1. The molecule has 0 amide bonds. The summed E-state index contributed by atoms with van der Waals surface area (Å²) < 4.78 is 0. The van der Waals surface area contributed by atoms with Crippen molar-refractivity contribution in [2.45, 2.75) is 6.42 Å². The lowest BCUT2D eigenvalue weighted by Crippen LogP contribution is -2.20. The molecule has 2 aromatic heterocycles. The number of hydrogen-bond donors (Lipinski definition) is 1. The highest BCUT2D eigenvalue weighted by Crippen LogP contribution is 2.63. The maximum atomic E-state index is 5.69. The molecule has 4 rings (SSSR count). The van der Waals surface area contributed by atoms with Gasteiger partial charge in [-0.1, -0.05) is 18.2 Å². The molecule has 118 valence electrons. The first-order valence-corrected chi connectivity index (χ1v) is 8.87. The Hall–Kier alpha value is -2.04. The summed E-state index contributed by atoms with van der Waals surface area (Å²) in [6.45, 7) is 1.27. The molecule has 23 heavy (non-hydrogen) atoms. The molecule has 4 heteroatoms. The normalized spacial score (nSPS) is 25.9. The van der Waals surface area contributed by atoms with Crippen molar-refractivity contribution in [1.82, 2.24) is 4.98 Å². The number of aromatic nitrogens is 1. The zero-order valence-electron chi connectivity index (χ0n) is 12.9. The summed E-state index contributed by atoms with van der Waals surface area (Å²) in [5.41, 5.74) is 10.8. The number of rotatable bonds is 5. The molecule has 2 aromatic rings. The van der Waals surface area contributed by atoms with E-state index in [1.807, 2.05) is 12.4 Å². The zero-order chi connectivity index (χ0) is 15.7. The molecule has 0 radical (unpaired) electrons. The van der Waals surface area contributed by atoms with Crippen LogP contribution in [0.1, 0.15) is 19.0 Å². The van der Waals surface area contributed by atoms with Crippen LogP contribution in [0.2, 0.25) is 0 Å². The fraction of sp³-hybridized carbons (Fsp3) is 0.263. The number of aliphatic imine (C=N–C) groups is 1. The minimum Gasteiger partial charge on any atom is -0.329 e. The van der Waals surface area contributed by atoms with Gasteiger partial charge in [0.15, 0.2) is 0 Å². The van der Waals surface area contributed by atoms with Crippen LogP contribution in [0.3, 0.4) is 0 Å². The molecule has 1 saturated carbocycles. The Morgan fingerprint density at radius 3 is 3.00 bits per heavy atom. The lowest BCUT2D eigenvalue weighted by Gasteiger charge is -2.20. The third-order valence-electron chi connectivity index (χ3n) is 4.70. The molecule has 2 aliphatic rings. The van der Waals surface area contributed by atoms with E-state index in [4.69, 9.17) is 10.7 Å². The Labute approximate surface area is 141 Å². The molecule has 0 saturated heterocycles. The van der Waals surface area contributed by atoms with Gasteiger partial charge in [-0.05, 0) is 46.5 Å². The molecular weight excluding hydrogens is 302 g/mol. The van der Waals surface area contributed by atoms with Crippen LogP contribution in [0, 0.1) is 11.3 Å². The maximum Gasteiger partial charge on any atom is 0.0535 e. The molecule has 1 fully saturated rings. The van der Waals surface area contributed by atoms with Crippen LogP contribution < -0.4 is 5.73 Å². The van der Waals surface area contributed by atoms with E-state index >= 15 is 0 Å². The number of pyridine rings is 1. The van der Waals surface area contributed by atoms with E-state index in [2.05, 4.69) is 52.2 Å². The summed E-state index contributed by atoms with van der Waals surface area (Å²) in [5, 5.41) is 4.31. The van der Waals surface area contributed by atoms with Crippen LogP contribution in [0.15, 0.2) is 64.6 Å². The van der Waals surface area contributed by atoms with Crippen molar-refractivity contribution in [1.29, 1.82) is 0 Å². The second-order valence-corrected chi connectivity index (χ2v) is 6.83. The van der Waals surface area contributed by atoms with Gasteiger partial charge in [0.1, 0.15) is 0 Å². The molecule has 0 bridgehead atoms. The minimum atomic E-state index is 0. The summed E-state index contributed by atoms with van der Waals surface area (Å²) in [5.74, 6) is 0.506. The van der Waals surface area contributed by atoms with Gasteiger partial charge in [0.25, 0.3) is 0 Å². The van der Waals surface area contributed by atoms with Crippen LogP contribution >= 0.6 is 11.3 Å². The van der Waals surface area contributed by atoms with Gasteiger partial charge in [-0.2, -0.15) is 11.3 Å². The van der Waals surface area contributed by atoms with E-state index in [0.717, 1.165) is 6.42 Å². The Morgan fingerprint density at radius 1 is 1.39 bits per heavy atom. The Morgan fingerprint density at radius 2 is 2.26 bits per heavy atom. The van der Waals surface area contributed by atoms with Gasteiger partial charge in [-0.3, -0.25) is 9.98 Å². The number of thiophene rings is 1. The third-order valence-corrected chi connectivity index (χ3v) is 5.38. The quantitative estimate of drug-likeness (QED) is 0.851. The van der Waals surface area contributed by atoms with Crippen molar-refractivity contribution in [3.63, 3.8) is 0 Å². The van der Waals surface area contributed by atoms with Gasteiger partial charge in [0.2, 0.25) is 0 Å². The van der Waals surface area contributed by atoms with Crippen LogP contribution in [-0.2, 0) is 0 Å². The summed E-state index contributed by atoms with van der Waals surface area (Å²) in [7, 11) is 0. The molecule has 3 nitrogen and oxygen atoms in total. The van der Waals surface area contributed by atoms with Crippen LogP contribution in [-0.4, -0.2) is 23.8 Å². The first kappa shape index (κ1) is 14.5. The standard InChI is InChI=1S/C19H19N3S.H2/c20-7-10-22-18(15-5-11-23-13-15)19-6-1-2-16(17(19)12-19)14-3-8-21-9-4-14;/h1-6,8-9,11,13,17H,7,10,12,20H2;1H. The first-order valence-electron chi connectivity index (χ1n) is 7.92. The molecule has 2 atom stereocenters. The van der Waals surface area contributed by atoms with Gasteiger partial charge in [-0.15, -0.1) is 0 Å². The molecule has 0 aliphatic heterocycles. The fourth-order valence-corrected chi connectivity index (χ4v) is 4.20. The van der Waals surface area contributed by atoms with E-state index in [0.29, 0.717) is 19.0 Å². The minimum absolute atomic E-state index is 0. The number of hydrogen-bond acceptors (Lipinski definition) is 4. The summed E-state index contributed by atoms with van der Waals surface area (Å²) in [6.07, 6.45) is 11.6. The SMILES string of the molecule is NCCN=C(c1ccsc1)C12C=CC=C(c3ccncc3)C1C2.[HH]. The first-order chi connectivity index (χ1) is 11.3. The average Bonchev–Trinajstić information content (AvgIpc) is 3.11. The smallest absolute Gasteiger partial charge is 0.0535 e. The number of fused-ring (bicyclic) bond motifs is 1. The van der Waals surface area contributed by atoms with Gasteiger partial charge >= 0.3 is 0 Å². The number of allylic oxidation sites excluding steroid dienone is 4. The van der Waals surface area contributed by atoms with Crippen molar-refractivity contribution in [2.75, 3.05) is 13.1 Å². The van der Waals surface area contributed by atoms with E-state index in [-0.39, 0.29) is 6.84 Å². The second kappa shape index (κ2) is 5.87.